The second kappa shape index (κ2) is 4.76. The third kappa shape index (κ3) is 2.45. The zero-order valence-electron chi connectivity index (χ0n) is 11.1. The predicted molar refractivity (Wildman–Crippen MR) is 70.8 cm³/mol. The summed E-state index contributed by atoms with van der Waals surface area (Å²) >= 11 is 0. The third-order valence-corrected chi connectivity index (χ3v) is 3.08. The largest absolute Gasteiger partial charge is 0.497 e. The number of hydrogen-bond donors (Lipinski definition) is 1. The average molecular weight is 260 g/mol. The van der Waals surface area contributed by atoms with Crippen LogP contribution in [0, 0.1) is 0 Å². The molecule has 1 aromatic heterocycles. The maximum Gasteiger partial charge on any atom is 0.315 e. The number of benzene rings is 1. The first kappa shape index (κ1) is 13.1. The number of aliphatic carboxylic acids is 1. The van der Waals surface area contributed by atoms with E-state index in [1.807, 2.05) is 24.3 Å². The molecule has 19 heavy (non-hydrogen) atoms. The topological polar surface area (TPSA) is 64.3 Å². The van der Waals surface area contributed by atoms with E-state index in [1.165, 1.54) is 0 Å². The number of rotatable bonds is 4. The van der Waals surface area contributed by atoms with E-state index in [4.69, 9.17) is 4.74 Å². The first-order valence-corrected chi connectivity index (χ1v) is 5.89. The van der Waals surface area contributed by atoms with Crippen LogP contribution in [0.2, 0.25) is 0 Å². The van der Waals surface area contributed by atoms with Gasteiger partial charge in [-0.3, -0.25) is 4.79 Å². The van der Waals surface area contributed by atoms with Gasteiger partial charge >= 0.3 is 5.97 Å². The Morgan fingerprint density at radius 3 is 2.74 bits per heavy atom. The fraction of sp³-hybridized carbons (Fsp3) is 0.286. The predicted octanol–water partition coefficient (Wildman–Crippen LogP) is 2.24. The molecular weight excluding hydrogens is 244 g/mol. The molecule has 5 nitrogen and oxygen atoms in total. The van der Waals surface area contributed by atoms with Crippen molar-refractivity contribution in [3.63, 3.8) is 0 Å². The van der Waals surface area contributed by atoms with Gasteiger partial charge in [0.05, 0.1) is 18.5 Å². The lowest BCUT2D eigenvalue weighted by Crippen LogP contribution is -2.29. The molecule has 1 N–H and O–H groups in total. The van der Waals surface area contributed by atoms with Gasteiger partial charge in [-0.15, -0.1) is 0 Å². The van der Waals surface area contributed by atoms with Gasteiger partial charge < -0.3 is 9.84 Å². The molecule has 0 aliphatic heterocycles. The SMILES string of the molecule is COc1cccc(-n2ccc(C(C)(C)C(=O)O)n2)c1. The molecule has 0 atom stereocenters. The fourth-order valence-corrected chi connectivity index (χ4v) is 1.66. The highest BCUT2D eigenvalue weighted by atomic mass is 16.5. The molecule has 0 aliphatic carbocycles. The van der Waals surface area contributed by atoms with Crippen LogP contribution in [-0.2, 0) is 10.2 Å². The molecule has 0 saturated carbocycles. The number of aromatic nitrogens is 2. The van der Waals surface area contributed by atoms with E-state index >= 15 is 0 Å². The molecule has 0 saturated heterocycles. The molecule has 1 heterocycles. The summed E-state index contributed by atoms with van der Waals surface area (Å²) in [5.74, 6) is -0.171. The Morgan fingerprint density at radius 2 is 2.11 bits per heavy atom. The lowest BCUT2D eigenvalue weighted by atomic mass is 9.90. The van der Waals surface area contributed by atoms with E-state index in [9.17, 15) is 9.90 Å². The van der Waals surface area contributed by atoms with Crippen LogP contribution in [-0.4, -0.2) is 28.0 Å². The normalized spacial score (nSPS) is 11.3. The molecule has 5 heteroatoms. The second-order valence-corrected chi connectivity index (χ2v) is 4.78. The van der Waals surface area contributed by atoms with Gasteiger partial charge in [0.2, 0.25) is 0 Å². The van der Waals surface area contributed by atoms with Gasteiger partial charge in [-0.2, -0.15) is 5.10 Å². The molecule has 0 spiro atoms. The highest BCUT2D eigenvalue weighted by Crippen LogP contribution is 2.23. The lowest BCUT2D eigenvalue weighted by Gasteiger charge is -2.15. The summed E-state index contributed by atoms with van der Waals surface area (Å²) in [6.07, 6.45) is 1.74. The summed E-state index contributed by atoms with van der Waals surface area (Å²) < 4.78 is 6.79. The number of carboxylic acids is 1. The summed E-state index contributed by atoms with van der Waals surface area (Å²) in [4.78, 5) is 11.2. The van der Waals surface area contributed by atoms with Gasteiger partial charge in [0.25, 0.3) is 0 Å². The van der Waals surface area contributed by atoms with E-state index in [2.05, 4.69) is 5.10 Å². The van der Waals surface area contributed by atoms with Crippen molar-refractivity contribution in [3.05, 3.63) is 42.2 Å². The van der Waals surface area contributed by atoms with Crippen molar-refractivity contribution >= 4 is 5.97 Å². The van der Waals surface area contributed by atoms with E-state index in [1.54, 1.807) is 37.9 Å². The Morgan fingerprint density at radius 1 is 1.37 bits per heavy atom. The first-order chi connectivity index (χ1) is 8.95. The maximum atomic E-state index is 11.2. The minimum atomic E-state index is -1.01. The van der Waals surface area contributed by atoms with Crippen LogP contribution in [0.15, 0.2) is 36.5 Å². The molecule has 2 rings (SSSR count). The van der Waals surface area contributed by atoms with Crippen molar-refractivity contribution in [2.45, 2.75) is 19.3 Å². The van der Waals surface area contributed by atoms with Gasteiger partial charge in [0, 0.05) is 12.3 Å². The van der Waals surface area contributed by atoms with Gasteiger partial charge in [-0.1, -0.05) is 6.07 Å². The lowest BCUT2D eigenvalue weighted by molar-refractivity contribution is -0.142. The molecular formula is C14H16N2O3. The minimum absolute atomic E-state index is 0.516. The minimum Gasteiger partial charge on any atom is -0.497 e. The summed E-state index contributed by atoms with van der Waals surface area (Å²) in [5, 5.41) is 13.5. The van der Waals surface area contributed by atoms with Crippen LogP contribution in [0.3, 0.4) is 0 Å². The highest BCUT2D eigenvalue weighted by molar-refractivity contribution is 5.79. The Hall–Kier alpha value is -2.30. The quantitative estimate of drug-likeness (QED) is 0.915. The van der Waals surface area contributed by atoms with Crippen molar-refractivity contribution in [1.29, 1.82) is 0 Å². The summed E-state index contributed by atoms with van der Waals surface area (Å²) in [5.41, 5.74) is 0.332. The maximum absolute atomic E-state index is 11.2. The number of hydrogen-bond acceptors (Lipinski definition) is 3. The van der Waals surface area contributed by atoms with Crippen LogP contribution in [0.25, 0.3) is 5.69 Å². The number of carboxylic acid groups (broad SMARTS) is 1. The van der Waals surface area contributed by atoms with E-state index in [0.29, 0.717) is 5.69 Å². The Bertz CT molecular complexity index is 602. The van der Waals surface area contributed by atoms with Gasteiger partial charge in [-0.05, 0) is 32.0 Å². The fourth-order valence-electron chi connectivity index (χ4n) is 1.66. The van der Waals surface area contributed by atoms with Crippen LogP contribution in [0.4, 0.5) is 0 Å². The van der Waals surface area contributed by atoms with Crippen LogP contribution >= 0.6 is 0 Å². The molecule has 1 aromatic carbocycles. The average Bonchev–Trinajstić information content (AvgIpc) is 2.89. The highest BCUT2D eigenvalue weighted by Gasteiger charge is 2.32. The van der Waals surface area contributed by atoms with Gasteiger partial charge in [0.15, 0.2) is 0 Å². The number of ether oxygens (including phenoxy) is 1. The standard InChI is InChI=1S/C14H16N2O3/c1-14(2,13(17)18)12-7-8-16(15-12)10-5-4-6-11(9-10)19-3/h4-9H,1-3H3,(H,17,18). The van der Waals surface area contributed by atoms with Gasteiger partial charge in [-0.25, -0.2) is 4.68 Å². The zero-order valence-corrected chi connectivity index (χ0v) is 11.1. The van der Waals surface area contributed by atoms with Crippen LogP contribution < -0.4 is 4.74 Å². The van der Waals surface area contributed by atoms with Crippen molar-refractivity contribution < 1.29 is 14.6 Å². The molecule has 100 valence electrons. The van der Waals surface area contributed by atoms with E-state index in [-0.39, 0.29) is 0 Å². The molecule has 0 unspecified atom stereocenters. The molecule has 0 radical (unpaired) electrons. The van der Waals surface area contributed by atoms with Gasteiger partial charge in [0.1, 0.15) is 11.2 Å². The molecule has 0 aliphatic rings. The monoisotopic (exact) mass is 260 g/mol. The summed E-state index contributed by atoms with van der Waals surface area (Å²) in [7, 11) is 1.60. The molecule has 2 aromatic rings. The Balaban J connectivity index is 2.38. The third-order valence-electron chi connectivity index (χ3n) is 3.08. The molecule has 0 fully saturated rings. The van der Waals surface area contributed by atoms with E-state index < -0.39 is 11.4 Å². The van der Waals surface area contributed by atoms with E-state index in [0.717, 1.165) is 11.4 Å². The van der Waals surface area contributed by atoms with Crippen molar-refractivity contribution in [3.8, 4) is 11.4 Å². The molecule has 0 bridgehead atoms. The van der Waals surface area contributed by atoms with Crippen molar-refractivity contribution in [1.82, 2.24) is 9.78 Å². The van der Waals surface area contributed by atoms with Crippen LogP contribution in [0.1, 0.15) is 19.5 Å². The number of nitrogens with zero attached hydrogens (tertiary/aromatic N) is 2. The van der Waals surface area contributed by atoms with Crippen molar-refractivity contribution in [2.75, 3.05) is 7.11 Å². The summed E-state index contributed by atoms with van der Waals surface area (Å²) in [6.45, 7) is 3.27. The zero-order chi connectivity index (χ0) is 14.0. The Labute approximate surface area is 111 Å². The number of methoxy groups -OCH3 is 1. The van der Waals surface area contributed by atoms with Crippen molar-refractivity contribution in [2.24, 2.45) is 0 Å². The second-order valence-electron chi connectivity index (χ2n) is 4.78. The molecule has 0 amide bonds. The number of carbonyl (C=O) groups is 1. The smallest absolute Gasteiger partial charge is 0.315 e. The first-order valence-electron chi connectivity index (χ1n) is 5.89. The summed E-state index contributed by atoms with van der Waals surface area (Å²) in [6, 6.07) is 9.14. The van der Waals surface area contributed by atoms with Crippen LogP contribution in [0.5, 0.6) is 5.75 Å². The Kier molecular flexibility index (Phi) is 3.29.